The molecule has 92 valence electrons. The molecule has 0 heterocycles. The Morgan fingerprint density at radius 2 is 1.40 bits per heavy atom. The fraction of sp³-hybridized carbons (Fsp3) is 1.00. The summed E-state index contributed by atoms with van der Waals surface area (Å²) < 4.78 is 21.6. The smallest absolute Gasteiger partial charge is 0.324 e. The molecule has 15 heavy (non-hydrogen) atoms. The van der Waals surface area contributed by atoms with Gasteiger partial charge in [0.25, 0.3) is 0 Å². The Balaban J connectivity index is 4.43. The highest BCUT2D eigenvalue weighted by atomic mass is 31.2. The first-order chi connectivity index (χ1) is 6.55. The first-order valence-corrected chi connectivity index (χ1v) is 7.72. The van der Waals surface area contributed by atoms with Crippen molar-refractivity contribution in [2.75, 3.05) is 13.1 Å². The molecule has 0 aromatic carbocycles. The van der Waals surface area contributed by atoms with E-state index in [9.17, 15) is 9.13 Å². The van der Waals surface area contributed by atoms with Crippen LogP contribution in [0.5, 0.6) is 0 Å². The van der Waals surface area contributed by atoms with Gasteiger partial charge in [0.05, 0.1) is 0 Å². The number of nitrogens with one attached hydrogen (secondary N) is 1. The Morgan fingerprint density at radius 1 is 1.00 bits per heavy atom. The third-order valence-electron chi connectivity index (χ3n) is 1.66. The van der Waals surface area contributed by atoms with E-state index in [4.69, 9.17) is 19.6 Å². The zero-order valence-corrected chi connectivity index (χ0v) is 10.4. The van der Waals surface area contributed by atoms with Crippen molar-refractivity contribution in [3.8, 4) is 0 Å². The number of rotatable bonds is 6. The van der Waals surface area contributed by atoms with Gasteiger partial charge < -0.3 is 24.9 Å². The van der Waals surface area contributed by atoms with E-state index in [0.717, 1.165) is 0 Å². The van der Waals surface area contributed by atoms with E-state index in [-0.39, 0.29) is 5.92 Å². The molecule has 0 bridgehead atoms. The lowest BCUT2D eigenvalue weighted by Crippen LogP contribution is -2.29. The molecule has 0 unspecified atom stereocenters. The van der Waals surface area contributed by atoms with Crippen molar-refractivity contribution in [2.24, 2.45) is 5.92 Å². The van der Waals surface area contributed by atoms with E-state index < -0.39 is 27.1 Å². The van der Waals surface area contributed by atoms with Gasteiger partial charge in [0.15, 0.2) is 5.40 Å². The molecule has 0 spiro atoms. The predicted octanol–water partition coefficient (Wildman–Crippen LogP) is -0.0865. The average molecular weight is 261 g/mol. The van der Waals surface area contributed by atoms with E-state index in [1.165, 1.54) is 0 Å². The summed E-state index contributed by atoms with van der Waals surface area (Å²) in [6.07, 6.45) is 0. The van der Waals surface area contributed by atoms with Gasteiger partial charge in [0, 0.05) is 6.54 Å². The van der Waals surface area contributed by atoms with Gasteiger partial charge in [-0.15, -0.1) is 0 Å². The van der Waals surface area contributed by atoms with Crippen LogP contribution in [-0.2, 0) is 9.13 Å². The average Bonchev–Trinajstić information content (AvgIpc) is 1.92. The first kappa shape index (κ1) is 15.3. The van der Waals surface area contributed by atoms with Crippen molar-refractivity contribution >= 4 is 15.2 Å². The molecule has 5 N–H and O–H groups in total. The van der Waals surface area contributed by atoms with Gasteiger partial charge in [-0.1, -0.05) is 13.8 Å². The lowest BCUT2D eigenvalue weighted by atomic mass is 10.2. The standard InChI is InChI=1S/C6H17NO6P2/c1-5(2)3-7-4-6(14(8,9)10)15(11,12)13/h5-7H,3-4H2,1-2H3,(H2,8,9,10)(H2,11,12,13). The SMILES string of the molecule is CC(C)CNCC(P(=O)(O)O)P(=O)(O)O. The molecule has 0 aliphatic rings. The second kappa shape index (κ2) is 5.55. The molecule has 0 saturated heterocycles. The zero-order valence-electron chi connectivity index (χ0n) is 8.57. The normalized spacial score (nSPS) is 13.9. The Labute approximate surface area is 88.2 Å². The third kappa shape index (κ3) is 6.43. The van der Waals surface area contributed by atoms with Crippen LogP contribution < -0.4 is 5.32 Å². The van der Waals surface area contributed by atoms with Gasteiger partial charge in [-0.2, -0.15) is 0 Å². The lowest BCUT2D eigenvalue weighted by molar-refractivity contribution is 0.335. The largest absolute Gasteiger partial charge is 0.342 e. The molecule has 0 atom stereocenters. The van der Waals surface area contributed by atoms with Crippen molar-refractivity contribution in [3.63, 3.8) is 0 Å². The van der Waals surface area contributed by atoms with Crippen LogP contribution in [0.1, 0.15) is 13.8 Å². The maximum Gasteiger partial charge on any atom is 0.342 e. The molecule has 0 radical (unpaired) electrons. The Hall–Kier alpha value is 0.260. The topological polar surface area (TPSA) is 127 Å². The Morgan fingerprint density at radius 3 is 1.67 bits per heavy atom. The van der Waals surface area contributed by atoms with E-state index in [1.54, 1.807) is 0 Å². The van der Waals surface area contributed by atoms with Gasteiger partial charge in [0.1, 0.15) is 0 Å². The molecule has 0 aromatic heterocycles. The predicted molar refractivity (Wildman–Crippen MR) is 55.6 cm³/mol. The maximum atomic E-state index is 10.8. The molecule has 0 rings (SSSR count). The Bertz CT molecular complexity index is 259. The summed E-state index contributed by atoms with van der Waals surface area (Å²) in [6, 6.07) is 0. The summed E-state index contributed by atoms with van der Waals surface area (Å²) in [6.45, 7) is 3.79. The molecular formula is C6H17NO6P2. The third-order valence-corrected chi connectivity index (χ3v) is 5.38. The second-order valence-electron chi connectivity index (χ2n) is 3.71. The lowest BCUT2D eigenvalue weighted by Gasteiger charge is -2.20. The molecule has 9 heteroatoms. The van der Waals surface area contributed by atoms with E-state index in [2.05, 4.69) is 5.32 Å². The van der Waals surface area contributed by atoms with Gasteiger partial charge >= 0.3 is 15.2 Å². The summed E-state index contributed by atoms with van der Waals surface area (Å²) in [7, 11) is -9.57. The molecule has 0 fully saturated rings. The van der Waals surface area contributed by atoms with Crippen molar-refractivity contribution in [3.05, 3.63) is 0 Å². The highest BCUT2D eigenvalue weighted by Gasteiger charge is 2.42. The quantitative estimate of drug-likeness (QED) is 0.423. The van der Waals surface area contributed by atoms with Gasteiger partial charge in [-0.3, -0.25) is 9.13 Å². The van der Waals surface area contributed by atoms with Crippen LogP contribution >= 0.6 is 15.2 Å². The summed E-state index contributed by atoms with van der Waals surface area (Å²) in [4.78, 5) is 35.0. The maximum absolute atomic E-state index is 10.8. The summed E-state index contributed by atoms with van der Waals surface area (Å²) >= 11 is 0. The summed E-state index contributed by atoms with van der Waals surface area (Å²) in [5.41, 5.74) is 0. The van der Waals surface area contributed by atoms with Gasteiger partial charge in [-0.05, 0) is 12.5 Å². The summed E-state index contributed by atoms with van der Waals surface area (Å²) in [5, 5.41) is 0.659. The van der Waals surface area contributed by atoms with Crippen LogP contribution in [0.25, 0.3) is 0 Å². The number of hydrogen-bond donors (Lipinski definition) is 5. The molecule has 0 aromatic rings. The van der Waals surface area contributed by atoms with E-state index in [0.29, 0.717) is 6.54 Å². The molecule has 0 saturated carbocycles. The summed E-state index contributed by atoms with van der Waals surface area (Å²) in [5.74, 6) is 0.235. The fourth-order valence-electron chi connectivity index (χ4n) is 0.935. The minimum Gasteiger partial charge on any atom is -0.324 e. The van der Waals surface area contributed by atoms with Crippen molar-refractivity contribution < 1.29 is 28.7 Å². The van der Waals surface area contributed by atoms with Crippen LogP contribution in [0, 0.1) is 5.92 Å². The monoisotopic (exact) mass is 261 g/mol. The molecule has 7 nitrogen and oxygen atoms in total. The second-order valence-corrected chi connectivity index (χ2v) is 7.72. The van der Waals surface area contributed by atoms with Crippen LogP contribution in [0.15, 0.2) is 0 Å². The zero-order chi connectivity index (χ0) is 12.3. The van der Waals surface area contributed by atoms with Gasteiger partial charge in [-0.25, -0.2) is 0 Å². The van der Waals surface area contributed by atoms with Crippen molar-refractivity contribution in [2.45, 2.75) is 19.2 Å². The first-order valence-electron chi connectivity index (χ1n) is 4.36. The highest BCUT2D eigenvalue weighted by Crippen LogP contribution is 2.59. The highest BCUT2D eigenvalue weighted by molar-refractivity contribution is 7.70. The van der Waals surface area contributed by atoms with Crippen molar-refractivity contribution in [1.29, 1.82) is 0 Å². The van der Waals surface area contributed by atoms with E-state index in [1.807, 2.05) is 13.8 Å². The van der Waals surface area contributed by atoms with E-state index >= 15 is 0 Å². The number of hydrogen-bond acceptors (Lipinski definition) is 3. The molecule has 0 aliphatic carbocycles. The van der Waals surface area contributed by atoms with Gasteiger partial charge in [0.2, 0.25) is 0 Å². The fourth-order valence-corrected chi connectivity index (χ4v) is 3.24. The van der Waals surface area contributed by atoms with Crippen molar-refractivity contribution in [1.82, 2.24) is 5.32 Å². The molecule has 0 amide bonds. The van der Waals surface area contributed by atoms with Crippen LogP contribution in [0.2, 0.25) is 0 Å². The molecular weight excluding hydrogens is 244 g/mol. The minimum absolute atomic E-state index is 0.235. The van der Waals surface area contributed by atoms with Crippen LogP contribution in [0.3, 0.4) is 0 Å². The minimum atomic E-state index is -4.78. The van der Waals surface area contributed by atoms with Crippen LogP contribution in [0.4, 0.5) is 0 Å². The van der Waals surface area contributed by atoms with Crippen LogP contribution in [-0.4, -0.2) is 38.1 Å². The Kier molecular flexibility index (Phi) is 5.64. The molecule has 0 aliphatic heterocycles.